The third-order valence-corrected chi connectivity index (χ3v) is 3.25. The zero-order chi connectivity index (χ0) is 14.6. The van der Waals surface area contributed by atoms with Crippen LogP contribution in [0.25, 0.3) is 0 Å². The molecule has 0 saturated heterocycles. The van der Waals surface area contributed by atoms with Gasteiger partial charge in [0.2, 0.25) is 0 Å². The van der Waals surface area contributed by atoms with Gasteiger partial charge in [-0.1, -0.05) is 30.3 Å². The van der Waals surface area contributed by atoms with Crippen LogP contribution in [0.4, 0.5) is 0 Å². The maximum atomic E-state index is 12.4. The molecule has 1 N–H and O–H groups in total. The van der Waals surface area contributed by atoms with Crippen molar-refractivity contribution in [2.45, 2.75) is 25.5 Å². The van der Waals surface area contributed by atoms with E-state index in [0.29, 0.717) is 5.56 Å². The second kappa shape index (κ2) is 5.84. The van der Waals surface area contributed by atoms with Crippen LogP contribution in [0.5, 0.6) is 0 Å². The van der Waals surface area contributed by atoms with Crippen LogP contribution in [0.3, 0.4) is 0 Å². The SMILES string of the molecule is COC(C(=O)N(C)C(C)(C)C(=O)O)c1ccccc1. The summed E-state index contributed by atoms with van der Waals surface area (Å²) in [7, 11) is 2.89. The zero-order valence-corrected chi connectivity index (χ0v) is 11.6. The molecular weight excluding hydrogens is 246 g/mol. The van der Waals surface area contributed by atoms with Gasteiger partial charge in [0.05, 0.1) is 0 Å². The van der Waals surface area contributed by atoms with Crippen LogP contribution < -0.4 is 0 Å². The van der Waals surface area contributed by atoms with Crippen molar-refractivity contribution in [1.29, 1.82) is 0 Å². The first kappa shape index (κ1) is 15.2. The molecule has 1 rings (SSSR count). The Morgan fingerprint density at radius 3 is 2.21 bits per heavy atom. The van der Waals surface area contributed by atoms with Gasteiger partial charge in [-0.25, -0.2) is 4.79 Å². The fourth-order valence-electron chi connectivity index (χ4n) is 1.60. The molecule has 1 atom stereocenters. The second-order valence-corrected chi connectivity index (χ2v) is 4.79. The number of carbonyl (C=O) groups excluding carboxylic acids is 1. The number of nitrogens with zero attached hydrogens (tertiary/aromatic N) is 1. The van der Waals surface area contributed by atoms with E-state index in [4.69, 9.17) is 9.84 Å². The molecular formula is C14H19NO4. The van der Waals surface area contributed by atoms with Crippen LogP contribution in [0.1, 0.15) is 25.5 Å². The summed E-state index contributed by atoms with van der Waals surface area (Å²) in [5.41, 5.74) is -0.592. The number of carbonyl (C=O) groups is 2. The van der Waals surface area contributed by atoms with Crippen molar-refractivity contribution in [2.24, 2.45) is 0 Å². The summed E-state index contributed by atoms with van der Waals surface area (Å²) in [6.45, 7) is 2.95. The van der Waals surface area contributed by atoms with E-state index in [9.17, 15) is 9.59 Å². The van der Waals surface area contributed by atoms with Crippen molar-refractivity contribution in [1.82, 2.24) is 4.90 Å². The summed E-state index contributed by atoms with van der Waals surface area (Å²) < 4.78 is 5.21. The van der Waals surface area contributed by atoms with Crippen molar-refractivity contribution in [3.05, 3.63) is 35.9 Å². The number of hydrogen-bond donors (Lipinski definition) is 1. The first-order valence-corrected chi connectivity index (χ1v) is 5.91. The summed E-state index contributed by atoms with van der Waals surface area (Å²) >= 11 is 0. The number of hydrogen-bond acceptors (Lipinski definition) is 3. The Labute approximate surface area is 112 Å². The minimum absolute atomic E-state index is 0.388. The number of ether oxygens (including phenoxy) is 1. The van der Waals surface area contributed by atoms with E-state index in [-0.39, 0.29) is 5.91 Å². The highest BCUT2D eigenvalue weighted by Gasteiger charge is 2.38. The van der Waals surface area contributed by atoms with Gasteiger partial charge < -0.3 is 14.7 Å². The van der Waals surface area contributed by atoms with Crippen LogP contribution in [0, 0.1) is 0 Å². The number of benzene rings is 1. The molecule has 1 aromatic carbocycles. The van der Waals surface area contributed by atoms with E-state index in [0.717, 1.165) is 0 Å². The monoisotopic (exact) mass is 265 g/mol. The van der Waals surface area contributed by atoms with Crippen LogP contribution in [0.2, 0.25) is 0 Å². The van der Waals surface area contributed by atoms with Crippen molar-refractivity contribution < 1.29 is 19.4 Å². The number of likely N-dealkylation sites (N-methyl/N-ethyl adjacent to an activating group) is 1. The number of rotatable bonds is 5. The van der Waals surface area contributed by atoms with Gasteiger partial charge in [0.25, 0.3) is 5.91 Å². The standard InChI is InChI=1S/C14H19NO4/c1-14(2,13(17)18)15(3)12(16)11(19-4)10-8-6-5-7-9-10/h5-9,11H,1-4H3,(H,17,18). The number of amides is 1. The molecule has 0 aliphatic rings. The highest BCUT2D eigenvalue weighted by Crippen LogP contribution is 2.23. The summed E-state index contributed by atoms with van der Waals surface area (Å²) in [6, 6.07) is 8.99. The molecule has 1 unspecified atom stereocenters. The minimum atomic E-state index is -1.29. The average molecular weight is 265 g/mol. The molecule has 5 heteroatoms. The number of carboxylic acids is 1. The lowest BCUT2D eigenvalue weighted by Crippen LogP contribution is -2.52. The molecule has 0 aliphatic carbocycles. The van der Waals surface area contributed by atoms with E-state index in [2.05, 4.69) is 0 Å². The number of carboxylic acid groups (broad SMARTS) is 1. The van der Waals surface area contributed by atoms with Crippen molar-refractivity contribution in [3.8, 4) is 0 Å². The highest BCUT2D eigenvalue weighted by molar-refractivity contribution is 5.89. The molecule has 19 heavy (non-hydrogen) atoms. The van der Waals surface area contributed by atoms with Gasteiger partial charge in [0.1, 0.15) is 5.54 Å². The first-order chi connectivity index (χ1) is 8.82. The van der Waals surface area contributed by atoms with Crippen molar-refractivity contribution in [3.63, 3.8) is 0 Å². The molecule has 0 aromatic heterocycles. The Balaban J connectivity index is 3.01. The summed E-state index contributed by atoms with van der Waals surface area (Å²) in [5, 5.41) is 9.15. The molecule has 0 radical (unpaired) electrons. The highest BCUT2D eigenvalue weighted by atomic mass is 16.5. The quantitative estimate of drug-likeness (QED) is 0.880. The lowest BCUT2D eigenvalue weighted by atomic mass is 10.0. The largest absolute Gasteiger partial charge is 0.480 e. The van der Waals surface area contributed by atoms with Crippen molar-refractivity contribution in [2.75, 3.05) is 14.2 Å². The molecule has 5 nitrogen and oxygen atoms in total. The average Bonchev–Trinajstić information content (AvgIpc) is 2.39. The third-order valence-electron chi connectivity index (χ3n) is 3.25. The van der Waals surface area contributed by atoms with Gasteiger partial charge in [-0.05, 0) is 19.4 Å². The smallest absolute Gasteiger partial charge is 0.329 e. The predicted octanol–water partition coefficient (Wildman–Crippen LogP) is 1.70. The van der Waals surface area contributed by atoms with Crippen LogP contribution in [-0.2, 0) is 14.3 Å². The lowest BCUT2D eigenvalue weighted by molar-refractivity contribution is -0.160. The van der Waals surface area contributed by atoms with Gasteiger partial charge in [-0.2, -0.15) is 0 Å². The lowest BCUT2D eigenvalue weighted by Gasteiger charge is -2.33. The van der Waals surface area contributed by atoms with Gasteiger partial charge in [0, 0.05) is 14.2 Å². The Hall–Kier alpha value is -1.88. The number of methoxy groups -OCH3 is 1. The maximum Gasteiger partial charge on any atom is 0.329 e. The first-order valence-electron chi connectivity index (χ1n) is 5.91. The fourth-order valence-corrected chi connectivity index (χ4v) is 1.60. The molecule has 1 amide bonds. The molecule has 0 aliphatic heterocycles. The molecule has 104 valence electrons. The van der Waals surface area contributed by atoms with Crippen LogP contribution >= 0.6 is 0 Å². The predicted molar refractivity (Wildman–Crippen MR) is 70.7 cm³/mol. The van der Waals surface area contributed by atoms with Crippen LogP contribution in [-0.4, -0.2) is 41.6 Å². The fraction of sp³-hybridized carbons (Fsp3) is 0.429. The number of aliphatic carboxylic acids is 1. The minimum Gasteiger partial charge on any atom is -0.480 e. The molecule has 0 saturated carbocycles. The van der Waals surface area contributed by atoms with E-state index >= 15 is 0 Å². The third kappa shape index (κ3) is 3.12. The summed E-state index contributed by atoms with van der Waals surface area (Å²) in [5.74, 6) is -1.45. The molecule has 1 aromatic rings. The Bertz CT molecular complexity index is 456. The molecule has 0 heterocycles. The van der Waals surface area contributed by atoms with Gasteiger partial charge >= 0.3 is 5.97 Å². The maximum absolute atomic E-state index is 12.4. The van der Waals surface area contributed by atoms with Crippen molar-refractivity contribution >= 4 is 11.9 Å². The molecule has 0 fully saturated rings. The second-order valence-electron chi connectivity index (χ2n) is 4.79. The molecule has 0 bridgehead atoms. The summed E-state index contributed by atoms with van der Waals surface area (Å²) in [4.78, 5) is 24.7. The molecule has 0 spiro atoms. The topological polar surface area (TPSA) is 66.8 Å². The van der Waals surface area contributed by atoms with E-state index in [1.165, 1.54) is 32.9 Å². The van der Waals surface area contributed by atoms with E-state index in [1.54, 1.807) is 24.3 Å². The Kier molecular flexibility index (Phi) is 4.67. The van der Waals surface area contributed by atoms with E-state index in [1.807, 2.05) is 6.07 Å². The van der Waals surface area contributed by atoms with E-state index < -0.39 is 17.6 Å². The summed E-state index contributed by atoms with van der Waals surface area (Å²) in [6.07, 6.45) is -0.801. The zero-order valence-electron chi connectivity index (χ0n) is 11.6. The Morgan fingerprint density at radius 1 is 1.26 bits per heavy atom. The van der Waals surface area contributed by atoms with Crippen LogP contribution in [0.15, 0.2) is 30.3 Å². The normalized spacial score (nSPS) is 12.8. The Morgan fingerprint density at radius 2 is 1.79 bits per heavy atom. The van der Waals surface area contributed by atoms with Gasteiger partial charge in [-0.3, -0.25) is 4.79 Å². The van der Waals surface area contributed by atoms with Gasteiger partial charge in [-0.15, -0.1) is 0 Å². The van der Waals surface area contributed by atoms with Gasteiger partial charge in [0.15, 0.2) is 6.10 Å².